The Morgan fingerprint density at radius 2 is 1.68 bits per heavy atom. The first-order valence-electron chi connectivity index (χ1n) is 24.4. The van der Waals surface area contributed by atoms with Gasteiger partial charge in [0.25, 0.3) is 0 Å². The number of thiophene rings is 1. The fraction of sp³-hybridized carbons (Fsp3) is 0.370. The number of carbonyl (C=O) groups is 3. The van der Waals surface area contributed by atoms with Crippen molar-refractivity contribution in [1.29, 1.82) is 0 Å². The van der Waals surface area contributed by atoms with Crippen molar-refractivity contribution >= 4 is 46.4 Å². The molecule has 4 aromatic heterocycles. The van der Waals surface area contributed by atoms with Crippen LogP contribution in [-0.2, 0) is 14.4 Å². The molecule has 2 fully saturated rings. The van der Waals surface area contributed by atoms with Gasteiger partial charge in [0.1, 0.15) is 40.8 Å². The number of fused-ring (bicyclic) bond motifs is 3. The highest BCUT2D eigenvalue weighted by atomic mass is 35.5. The Hall–Kier alpha value is -6.95. The highest BCUT2D eigenvalue weighted by Gasteiger charge is 2.43. The molecule has 16 nitrogen and oxygen atoms in total. The summed E-state index contributed by atoms with van der Waals surface area (Å²) in [5.74, 6) is 1.80. The lowest BCUT2D eigenvalue weighted by Gasteiger charge is -2.36. The van der Waals surface area contributed by atoms with Gasteiger partial charge in [-0.1, -0.05) is 74.0 Å². The summed E-state index contributed by atoms with van der Waals surface area (Å²) in [7, 11) is 0. The number of benzene rings is 3. The summed E-state index contributed by atoms with van der Waals surface area (Å²) in [6.45, 7) is 13.8. The molecular weight excluding hydrogens is 952 g/mol. The van der Waals surface area contributed by atoms with E-state index in [9.17, 15) is 19.5 Å². The molecule has 1 aliphatic carbocycles. The molecule has 5 atom stereocenters. The maximum Gasteiger partial charge on any atom is 0.248 e. The minimum Gasteiger partial charge on any atom is -0.490 e. The summed E-state index contributed by atoms with van der Waals surface area (Å²) in [5, 5.41) is 32.3. The van der Waals surface area contributed by atoms with E-state index in [1.54, 1.807) is 22.2 Å². The third kappa shape index (κ3) is 9.60. The van der Waals surface area contributed by atoms with Crippen LogP contribution < -0.4 is 15.4 Å². The maximum absolute atomic E-state index is 14.4. The second kappa shape index (κ2) is 19.9. The number of aryl methyl sites for hydroxylation is 3. The second-order valence-electron chi connectivity index (χ2n) is 19.5. The van der Waals surface area contributed by atoms with Crippen molar-refractivity contribution in [2.45, 2.75) is 117 Å². The molecule has 10 rings (SSSR count). The number of oxazole rings is 1. The molecule has 372 valence electrons. The number of amides is 3. The first-order valence-corrected chi connectivity index (χ1v) is 25.6. The number of ether oxygens (including phenoxy) is 1. The fourth-order valence-corrected chi connectivity index (χ4v) is 11.4. The number of rotatable bonds is 14. The number of aliphatic hydroxyl groups excluding tert-OH is 1. The highest BCUT2D eigenvalue weighted by Crippen LogP contribution is 2.40. The Balaban J connectivity index is 0.762. The van der Waals surface area contributed by atoms with E-state index in [1.807, 2.05) is 118 Å². The van der Waals surface area contributed by atoms with Crippen molar-refractivity contribution < 1.29 is 28.6 Å². The van der Waals surface area contributed by atoms with E-state index in [4.69, 9.17) is 25.7 Å². The summed E-state index contributed by atoms with van der Waals surface area (Å²) < 4.78 is 15.6. The van der Waals surface area contributed by atoms with Gasteiger partial charge in [-0.3, -0.25) is 28.6 Å². The third-order valence-corrected chi connectivity index (χ3v) is 15.5. The summed E-state index contributed by atoms with van der Waals surface area (Å²) in [5.41, 5.74) is 8.05. The molecule has 0 unspecified atom stereocenters. The third-order valence-electron chi connectivity index (χ3n) is 14.1. The van der Waals surface area contributed by atoms with Gasteiger partial charge in [-0.2, -0.15) is 5.10 Å². The summed E-state index contributed by atoms with van der Waals surface area (Å²) in [6.07, 6.45) is 5.54. The van der Waals surface area contributed by atoms with Gasteiger partial charge >= 0.3 is 0 Å². The van der Waals surface area contributed by atoms with Crippen LogP contribution in [0.5, 0.6) is 5.75 Å². The lowest BCUT2D eigenvalue weighted by atomic mass is 9.89. The number of likely N-dealkylation sites (tertiary alicyclic amines) is 1. The average Bonchev–Trinajstić information content (AvgIpc) is 4.19. The molecular formula is C54H57ClN10O6S. The van der Waals surface area contributed by atoms with Crippen molar-refractivity contribution in [2.24, 2.45) is 10.9 Å². The first kappa shape index (κ1) is 48.7. The van der Waals surface area contributed by atoms with Gasteiger partial charge < -0.3 is 29.8 Å². The predicted octanol–water partition coefficient (Wildman–Crippen LogP) is 8.78. The van der Waals surface area contributed by atoms with Crippen molar-refractivity contribution in [1.82, 2.24) is 45.1 Å². The smallest absolute Gasteiger partial charge is 0.248 e. The van der Waals surface area contributed by atoms with Crippen LogP contribution in [0.25, 0.3) is 27.5 Å². The van der Waals surface area contributed by atoms with Crippen LogP contribution in [0.4, 0.5) is 0 Å². The van der Waals surface area contributed by atoms with Crippen LogP contribution in [0.15, 0.2) is 101 Å². The molecule has 1 saturated heterocycles. The number of aliphatic hydroxyl groups is 1. The first-order chi connectivity index (χ1) is 34.6. The van der Waals surface area contributed by atoms with Crippen LogP contribution >= 0.6 is 22.9 Å². The second-order valence-corrected chi connectivity index (χ2v) is 21.2. The van der Waals surface area contributed by atoms with E-state index in [-0.39, 0.29) is 61.2 Å². The van der Waals surface area contributed by atoms with Gasteiger partial charge in [0, 0.05) is 70.2 Å². The average molecular weight is 1010 g/mol. The zero-order chi connectivity index (χ0) is 50.5. The number of aromatic nitrogens is 6. The number of halogens is 1. The van der Waals surface area contributed by atoms with Crippen LogP contribution in [0.3, 0.4) is 0 Å². The van der Waals surface area contributed by atoms with Crippen LogP contribution in [0, 0.1) is 33.6 Å². The molecule has 0 radical (unpaired) electrons. The zero-order valence-electron chi connectivity index (χ0n) is 41.2. The Morgan fingerprint density at radius 3 is 2.40 bits per heavy atom. The van der Waals surface area contributed by atoms with E-state index >= 15 is 0 Å². The van der Waals surface area contributed by atoms with Gasteiger partial charge in [0.2, 0.25) is 17.7 Å². The van der Waals surface area contributed by atoms with Crippen molar-refractivity contribution in [3.63, 3.8) is 0 Å². The van der Waals surface area contributed by atoms with Crippen molar-refractivity contribution in [3.8, 4) is 33.2 Å². The predicted molar refractivity (Wildman–Crippen MR) is 274 cm³/mol. The lowest BCUT2D eigenvalue weighted by molar-refractivity contribution is -0.142. The van der Waals surface area contributed by atoms with Crippen LogP contribution in [0.1, 0.15) is 109 Å². The SMILES string of the molecule is Cc1ncoc1-c1ccc([C@H](C)NC(=O)[C@@H]2C[C@@H](O)CN2C(=O)[C@@H](C(C)C)n2cc(-c3cccc(OC4CC(NC(=O)C[C@@H]5N=C(c6ccc(Cl)cc6)c6c(sc(C)c6C)-n6c(C)nnc65)C4)c3)cn2)cc1. The quantitative estimate of drug-likeness (QED) is 0.0948. The minimum atomic E-state index is -0.850. The normalized spacial score (nSPS) is 20.2. The van der Waals surface area contributed by atoms with Gasteiger partial charge in [-0.25, -0.2) is 4.98 Å². The molecule has 2 aliphatic heterocycles. The number of nitrogens with one attached hydrogen (secondary N) is 2. The van der Waals surface area contributed by atoms with Crippen molar-refractivity contribution in [2.75, 3.05) is 6.54 Å². The fourth-order valence-electron chi connectivity index (χ4n) is 10.0. The van der Waals surface area contributed by atoms with E-state index in [0.29, 0.717) is 35.2 Å². The maximum atomic E-state index is 14.4. The number of nitrogens with zero attached hydrogens (tertiary/aromatic N) is 8. The summed E-state index contributed by atoms with van der Waals surface area (Å²) >= 11 is 7.96. The molecule has 0 bridgehead atoms. The number of hydrogen-bond donors (Lipinski definition) is 3. The topological polar surface area (TPSA) is 195 Å². The van der Waals surface area contributed by atoms with E-state index in [2.05, 4.69) is 44.8 Å². The van der Waals surface area contributed by atoms with Gasteiger partial charge in [-0.15, -0.1) is 21.5 Å². The van der Waals surface area contributed by atoms with E-state index in [1.165, 1.54) is 16.2 Å². The molecule has 18 heteroatoms. The van der Waals surface area contributed by atoms with Gasteiger partial charge in [0.15, 0.2) is 18.0 Å². The molecule has 1 saturated carbocycles. The van der Waals surface area contributed by atoms with Gasteiger partial charge in [0.05, 0.1) is 36.2 Å². The number of aliphatic imine (C=N–C) groups is 1. The Bertz CT molecular complexity index is 3190. The van der Waals surface area contributed by atoms with Crippen LogP contribution in [0.2, 0.25) is 5.02 Å². The van der Waals surface area contributed by atoms with Crippen LogP contribution in [-0.4, -0.2) is 93.8 Å². The molecule has 72 heavy (non-hydrogen) atoms. The molecule has 3 N–H and O–H groups in total. The van der Waals surface area contributed by atoms with E-state index < -0.39 is 24.2 Å². The Kier molecular flexibility index (Phi) is 13.5. The summed E-state index contributed by atoms with van der Waals surface area (Å²) in [6, 6.07) is 20.5. The monoisotopic (exact) mass is 1010 g/mol. The molecule has 3 aliphatic rings. The molecule has 0 spiro atoms. The molecule has 6 heterocycles. The minimum absolute atomic E-state index is 0.0414. The Labute approximate surface area is 426 Å². The zero-order valence-corrected chi connectivity index (χ0v) is 42.7. The number of carbonyl (C=O) groups excluding carboxylic acids is 3. The van der Waals surface area contributed by atoms with E-state index in [0.717, 1.165) is 61.2 Å². The van der Waals surface area contributed by atoms with Crippen molar-refractivity contribution in [3.05, 3.63) is 141 Å². The lowest BCUT2D eigenvalue weighted by Crippen LogP contribution is -2.49. The Morgan fingerprint density at radius 1 is 0.931 bits per heavy atom. The largest absolute Gasteiger partial charge is 0.490 e. The van der Waals surface area contributed by atoms with Gasteiger partial charge in [-0.05, 0) is 81.5 Å². The number of β-amino-alcohol motifs (C(OH)–C–C–N with tert-alkyl or cyclic N) is 1. The standard InChI is InChI=1S/C54H57ClN10O6S/c1-28(2)49(53(69)63-26-41(66)22-45(63)52(68)58-30(4)34-11-13-36(14-12-34)50-31(5)56-27-70-50)64-25-38(24-57-64)37-9-8-10-42(19-37)71-43-20-40(21-43)59-46(67)23-44-51-62-61-33(7)65(51)54-47(29(3)32(6)72-54)48(60-44)35-15-17-39(55)18-16-35/h8-19,24-25,27-28,30,40-41,43-45,49,66H,20-23,26H2,1-7H3,(H,58,68)(H,59,67)/t30-,40?,41+,43?,44-,45-,49+/m0/s1. The molecule has 3 amide bonds. The molecule has 3 aromatic carbocycles. The highest BCUT2D eigenvalue weighted by molar-refractivity contribution is 7.15. The molecule has 7 aromatic rings. The summed E-state index contributed by atoms with van der Waals surface area (Å²) in [4.78, 5) is 54.1. The number of hydrogen-bond acceptors (Lipinski definition) is 12.